The average molecular weight is 595 g/mol. The molecular formula is C44H38N2. The Bertz CT molecular complexity index is 1900. The Labute approximate surface area is 273 Å². The lowest BCUT2D eigenvalue weighted by molar-refractivity contribution is 0.921. The molecule has 0 N–H and O–H groups in total. The third-order valence-electron chi connectivity index (χ3n) is 8.68. The van der Waals surface area contributed by atoms with E-state index in [1.165, 1.54) is 38.4 Å². The lowest BCUT2D eigenvalue weighted by Crippen LogP contribution is -2.14. The van der Waals surface area contributed by atoms with Crippen LogP contribution in [0.2, 0.25) is 0 Å². The number of hydrogen-bond donors (Lipinski definition) is 0. The minimum absolute atomic E-state index is 0.951. The molecule has 0 saturated heterocycles. The topological polar surface area (TPSA) is 6.48 Å². The number of anilines is 6. The zero-order valence-electron chi connectivity index (χ0n) is 26.6. The van der Waals surface area contributed by atoms with E-state index < -0.39 is 0 Å². The Morgan fingerprint density at radius 1 is 0.435 bits per heavy atom. The Morgan fingerprint density at radius 2 is 0.870 bits per heavy atom. The van der Waals surface area contributed by atoms with E-state index in [1.807, 2.05) is 12.1 Å². The molecule has 0 aliphatic carbocycles. The third kappa shape index (κ3) is 5.57. The van der Waals surface area contributed by atoms with Gasteiger partial charge in [-0.15, -0.1) is 0 Å². The van der Waals surface area contributed by atoms with E-state index in [2.05, 4.69) is 169 Å². The molecule has 0 aromatic heterocycles. The maximum Gasteiger partial charge on any atom is 0.0973 e. The van der Waals surface area contributed by atoms with Crippen molar-refractivity contribution in [1.82, 2.24) is 0 Å². The van der Waals surface area contributed by atoms with Gasteiger partial charge in [0.05, 0.1) is 17.1 Å². The van der Waals surface area contributed by atoms with Crippen LogP contribution >= 0.6 is 0 Å². The molecule has 224 valence electrons. The largest absolute Gasteiger partial charge is 0.309 e. The fraction of sp³-hybridized carbons (Fsp3) is 0.136. The van der Waals surface area contributed by atoms with E-state index in [-0.39, 0.29) is 0 Å². The molecule has 0 fully saturated rings. The van der Waals surface area contributed by atoms with Crippen molar-refractivity contribution in [2.24, 2.45) is 0 Å². The highest BCUT2D eigenvalue weighted by atomic mass is 15.2. The van der Waals surface area contributed by atoms with Crippen molar-refractivity contribution in [1.29, 1.82) is 0 Å². The zero-order chi connectivity index (χ0) is 31.3. The van der Waals surface area contributed by atoms with Gasteiger partial charge < -0.3 is 9.80 Å². The van der Waals surface area contributed by atoms with Gasteiger partial charge in [0.2, 0.25) is 0 Å². The smallest absolute Gasteiger partial charge is 0.0973 e. The van der Waals surface area contributed by atoms with Crippen LogP contribution in [0.3, 0.4) is 0 Å². The maximum absolute atomic E-state index is 3.41. The second-order valence-corrected chi connectivity index (χ2v) is 11.8. The molecule has 0 radical (unpaired) electrons. The number of benzene rings is 6. The molecule has 2 heteroatoms. The zero-order valence-corrected chi connectivity index (χ0v) is 26.6. The van der Waals surface area contributed by atoms with Gasteiger partial charge in [0.15, 0.2) is 0 Å². The molecule has 0 atom stereocenters. The first-order valence-corrected chi connectivity index (χ1v) is 16.4. The number of fused-ring (bicyclic) bond motifs is 2. The molecule has 0 heterocycles. The van der Waals surface area contributed by atoms with E-state index in [9.17, 15) is 0 Å². The quantitative estimate of drug-likeness (QED) is 0.115. The molecule has 2 nitrogen and oxygen atoms in total. The minimum atomic E-state index is 0.951. The molecule has 0 spiro atoms. The van der Waals surface area contributed by atoms with E-state index >= 15 is 0 Å². The predicted octanol–water partition coefficient (Wildman–Crippen LogP) is 12.4. The van der Waals surface area contributed by atoms with Crippen LogP contribution < -0.4 is 9.80 Å². The van der Waals surface area contributed by atoms with Gasteiger partial charge in [-0.3, -0.25) is 0 Å². The Kier molecular flexibility index (Phi) is 8.40. The predicted molar refractivity (Wildman–Crippen MR) is 196 cm³/mol. The Hall–Kier alpha value is -5.52. The first-order valence-electron chi connectivity index (χ1n) is 16.4. The summed E-state index contributed by atoms with van der Waals surface area (Å²) in [5.41, 5.74) is 9.37. The second-order valence-electron chi connectivity index (χ2n) is 11.8. The Morgan fingerprint density at radius 3 is 1.30 bits per heavy atom. The first-order chi connectivity index (χ1) is 22.8. The van der Waals surface area contributed by atoms with Crippen LogP contribution in [0.25, 0.3) is 21.5 Å². The minimum Gasteiger partial charge on any atom is -0.309 e. The molecule has 7 aromatic rings. The molecule has 0 bridgehead atoms. The fourth-order valence-electron chi connectivity index (χ4n) is 6.61. The van der Waals surface area contributed by atoms with Crippen molar-refractivity contribution in [3.8, 4) is 0 Å². The van der Waals surface area contributed by atoms with Crippen LogP contribution in [0.15, 0.2) is 146 Å². The van der Waals surface area contributed by atoms with Gasteiger partial charge in [0.1, 0.15) is 0 Å². The van der Waals surface area contributed by atoms with Gasteiger partial charge in [0, 0.05) is 38.6 Å². The number of rotatable bonds is 10. The van der Waals surface area contributed by atoms with Crippen LogP contribution in [0.5, 0.6) is 0 Å². The summed E-state index contributed by atoms with van der Waals surface area (Å²) in [6, 6.07) is 59.2. The van der Waals surface area contributed by atoms with Crippen LogP contribution in [0, 0.1) is 12.1 Å². The van der Waals surface area contributed by atoms with Crippen molar-refractivity contribution in [2.75, 3.05) is 9.80 Å². The van der Waals surface area contributed by atoms with Crippen LogP contribution in [0.4, 0.5) is 34.1 Å². The van der Waals surface area contributed by atoms with Crippen molar-refractivity contribution < 1.29 is 0 Å². The lowest BCUT2D eigenvalue weighted by Gasteiger charge is -2.32. The Balaban J connectivity index is 1.55. The van der Waals surface area contributed by atoms with E-state index in [0.717, 1.165) is 54.1 Å². The van der Waals surface area contributed by atoms with Gasteiger partial charge in [-0.25, -0.2) is 0 Å². The molecule has 0 aliphatic heterocycles. The van der Waals surface area contributed by atoms with Gasteiger partial charge in [-0.2, -0.15) is 0 Å². The van der Waals surface area contributed by atoms with Crippen LogP contribution in [0.1, 0.15) is 37.8 Å². The summed E-state index contributed by atoms with van der Waals surface area (Å²) in [6.07, 6.45) is 4.42. The summed E-state index contributed by atoms with van der Waals surface area (Å²) < 4.78 is 0. The summed E-state index contributed by atoms with van der Waals surface area (Å²) in [7, 11) is 0. The summed E-state index contributed by atoms with van der Waals surface area (Å²) in [4.78, 5) is 4.78. The van der Waals surface area contributed by atoms with E-state index in [4.69, 9.17) is 0 Å². The molecule has 0 amide bonds. The van der Waals surface area contributed by atoms with Gasteiger partial charge in [-0.05, 0) is 78.6 Å². The number of hydrogen-bond acceptors (Lipinski definition) is 2. The summed E-state index contributed by atoms with van der Waals surface area (Å²) in [5, 5.41) is 4.72. The summed E-state index contributed by atoms with van der Waals surface area (Å²) in [6.45, 7) is 4.48. The molecule has 0 aliphatic rings. The number of aryl methyl sites for hydroxylation is 2. The molecule has 0 unspecified atom stereocenters. The first kappa shape index (κ1) is 29.2. The highest BCUT2D eigenvalue weighted by Gasteiger charge is 2.25. The van der Waals surface area contributed by atoms with Gasteiger partial charge in [0.25, 0.3) is 0 Å². The fourth-order valence-corrected chi connectivity index (χ4v) is 6.61. The van der Waals surface area contributed by atoms with E-state index in [1.54, 1.807) is 0 Å². The lowest BCUT2D eigenvalue weighted by atomic mass is 9.95. The van der Waals surface area contributed by atoms with Crippen molar-refractivity contribution in [2.45, 2.75) is 39.5 Å². The highest BCUT2D eigenvalue weighted by molar-refractivity contribution is 6.23. The van der Waals surface area contributed by atoms with Gasteiger partial charge in [-0.1, -0.05) is 130 Å². The molecule has 46 heavy (non-hydrogen) atoms. The average Bonchev–Trinajstić information content (AvgIpc) is 3.12. The molecule has 0 saturated carbocycles. The van der Waals surface area contributed by atoms with Crippen LogP contribution in [-0.2, 0) is 12.8 Å². The summed E-state index contributed by atoms with van der Waals surface area (Å²) >= 11 is 0. The van der Waals surface area contributed by atoms with E-state index in [0.29, 0.717) is 0 Å². The van der Waals surface area contributed by atoms with Crippen LogP contribution in [-0.4, -0.2) is 0 Å². The number of nitrogens with zero attached hydrogens (tertiary/aromatic N) is 2. The summed E-state index contributed by atoms with van der Waals surface area (Å²) in [5.74, 6) is 0. The van der Waals surface area contributed by atoms with Gasteiger partial charge >= 0.3 is 0 Å². The standard InChI is InChI=1S/C44H38N2/c1-3-15-33-25-29-37(30-26-33)46(38-31-27-34(16-4-2)28-32-38)44-41-23-13-11-21-39(41)43(40-22-12-14-24-42(40)44)45(35-17-7-5-8-18-35)36-19-9-6-10-20-36/h5-9,11-14,17-19,21-32H,3-4,15-16H2,1-2H3. The molecular weight excluding hydrogens is 556 g/mol. The highest BCUT2D eigenvalue weighted by Crippen LogP contribution is 2.50. The maximum atomic E-state index is 3.41. The van der Waals surface area contributed by atoms with Crippen molar-refractivity contribution >= 4 is 55.7 Å². The van der Waals surface area contributed by atoms with Crippen molar-refractivity contribution in [3.05, 3.63) is 169 Å². The number of para-hydroxylation sites is 1. The normalized spacial score (nSPS) is 11.0. The SMILES string of the molecule is CCCc1ccc(N(c2ccc(CCC)cc2)c2c3ccccc3c(N(c3c#cccc3)c3ccccc3)c3ccccc23)cc1. The second kappa shape index (κ2) is 13.2. The van der Waals surface area contributed by atoms with Crippen molar-refractivity contribution in [3.63, 3.8) is 0 Å². The monoisotopic (exact) mass is 594 g/mol. The molecule has 7 rings (SSSR count). The third-order valence-corrected chi connectivity index (χ3v) is 8.68. The molecule has 7 aromatic carbocycles.